The standard InChI is InChI=1S/C16H31NO/c18-16(12-15-8-3-4-9-15)13-17-11-5-10-14-6-1-2-7-14/h14-18H,1-13H2. The molecule has 0 spiro atoms. The fourth-order valence-electron chi connectivity index (χ4n) is 3.80. The van der Waals surface area contributed by atoms with Crippen LogP contribution in [0.15, 0.2) is 0 Å². The molecule has 0 aliphatic heterocycles. The normalized spacial score (nSPS) is 23.8. The molecule has 0 amide bonds. The first-order valence-corrected chi connectivity index (χ1v) is 8.23. The fourth-order valence-corrected chi connectivity index (χ4v) is 3.80. The highest BCUT2D eigenvalue weighted by atomic mass is 16.3. The molecule has 0 radical (unpaired) electrons. The Hall–Kier alpha value is -0.0800. The molecule has 2 heteroatoms. The van der Waals surface area contributed by atoms with Crippen molar-refractivity contribution in [3.63, 3.8) is 0 Å². The summed E-state index contributed by atoms with van der Waals surface area (Å²) in [7, 11) is 0. The van der Waals surface area contributed by atoms with Crippen molar-refractivity contribution < 1.29 is 5.11 Å². The van der Waals surface area contributed by atoms with E-state index in [-0.39, 0.29) is 6.10 Å². The third kappa shape index (κ3) is 5.27. The summed E-state index contributed by atoms with van der Waals surface area (Å²) < 4.78 is 0. The van der Waals surface area contributed by atoms with Crippen LogP contribution in [0.1, 0.15) is 70.6 Å². The van der Waals surface area contributed by atoms with Crippen molar-refractivity contribution in [3.05, 3.63) is 0 Å². The lowest BCUT2D eigenvalue weighted by Gasteiger charge is -2.16. The maximum absolute atomic E-state index is 9.96. The van der Waals surface area contributed by atoms with Crippen molar-refractivity contribution in [2.75, 3.05) is 13.1 Å². The minimum Gasteiger partial charge on any atom is -0.392 e. The molecule has 0 aromatic rings. The maximum Gasteiger partial charge on any atom is 0.0667 e. The molecule has 0 heterocycles. The molecular formula is C16H31NO. The van der Waals surface area contributed by atoms with Crippen LogP contribution in [0.4, 0.5) is 0 Å². The highest BCUT2D eigenvalue weighted by Crippen LogP contribution is 2.29. The van der Waals surface area contributed by atoms with Gasteiger partial charge in [0.25, 0.3) is 0 Å². The highest BCUT2D eigenvalue weighted by molar-refractivity contribution is 4.72. The van der Waals surface area contributed by atoms with Crippen molar-refractivity contribution in [3.8, 4) is 0 Å². The Morgan fingerprint density at radius 2 is 1.56 bits per heavy atom. The van der Waals surface area contributed by atoms with Crippen LogP contribution in [0.5, 0.6) is 0 Å². The van der Waals surface area contributed by atoms with E-state index in [0.717, 1.165) is 31.3 Å². The van der Waals surface area contributed by atoms with Gasteiger partial charge in [-0.1, -0.05) is 51.4 Å². The van der Waals surface area contributed by atoms with Crippen molar-refractivity contribution >= 4 is 0 Å². The third-order valence-electron chi connectivity index (χ3n) is 4.90. The Kier molecular flexibility index (Phi) is 6.50. The van der Waals surface area contributed by atoms with Gasteiger partial charge in [-0.2, -0.15) is 0 Å². The molecule has 1 unspecified atom stereocenters. The zero-order chi connectivity index (χ0) is 12.6. The molecule has 2 aliphatic carbocycles. The summed E-state index contributed by atoms with van der Waals surface area (Å²) in [4.78, 5) is 0. The van der Waals surface area contributed by atoms with Gasteiger partial charge in [-0.3, -0.25) is 0 Å². The van der Waals surface area contributed by atoms with Gasteiger partial charge in [0.2, 0.25) is 0 Å². The average Bonchev–Trinajstić information content (AvgIpc) is 3.01. The van der Waals surface area contributed by atoms with E-state index in [2.05, 4.69) is 5.32 Å². The van der Waals surface area contributed by atoms with Crippen LogP contribution in [0.3, 0.4) is 0 Å². The second-order valence-electron chi connectivity index (χ2n) is 6.54. The maximum atomic E-state index is 9.96. The molecule has 1 atom stereocenters. The van der Waals surface area contributed by atoms with E-state index in [1.54, 1.807) is 0 Å². The molecule has 2 N–H and O–H groups in total. The molecule has 0 aromatic heterocycles. The Morgan fingerprint density at radius 3 is 2.22 bits per heavy atom. The molecule has 106 valence electrons. The minimum atomic E-state index is -0.111. The average molecular weight is 253 g/mol. The number of aliphatic hydroxyl groups is 1. The van der Waals surface area contributed by atoms with Gasteiger partial charge in [0.15, 0.2) is 0 Å². The topological polar surface area (TPSA) is 32.3 Å². The quantitative estimate of drug-likeness (QED) is 0.649. The smallest absolute Gasteiger partial charge is 0.0667 e. The highest BCUT2D eigenvalue weighted by Gasteiger charge is 2.18. The lowest BCUT2D eigenvalue weighted by atomic mass is 10.00. The largest absolute Gasteiger partial charge is 0.392 e. The lowest BCUT2D eigenvalue weighted by molar-refractivity contribution is 0.140. The Morgan fingerprint density at radius 1 is 0.944 bits per heavy atom. The number of rotatable bonds is 8. The molecule has 2 fully saturated rings. The van der Waals surface area contributed by atoms with E-state index in [4.69, 9.17) is 0 Å². The van der Waals surface area contributed by atoms with Crippen LogP contribution in [0, 0.1) is 11.8 Å². The second-order valence-corrected chi connectivity index (χ2v) is 6.54. The first kappa shape index (κ1) is 14.3. The third-order valence-corrected chi connectivity index (χ3v) is 4.90. The molecule has 0 saturated heterocycles. The predicted molar refractivity (Wildman–Crippen MR) is 76.6 cm³/mol. The fraction of sp³-hybridized carbons (Fsp3) is 1.00. The summed E-state index contributed by atoms with van der Waals surface area (Å²) >= 11 is 0. The molecule has 18 heavy (non-hydrogen) atoms. The first-order chi connectivity index (χ1) is 8.84. The zero-order valence-electron chi connectivity index (χ0n) is 11.9. The van der Waals surface area contributed by atoms with Gasteiger partial charge in [0, 0.05) is 6.54 Å². The van der Waals surface area contributed by atoms with Gasteiger partial charge in [-0.05, 0) is 37.6 Å². The van der Waals surface area contributed by atoms with Gasteiger partial charge < -0.3 is 10.4 Å². The number of hydrogen-bond donors (Lipinski definition) is 2. The molecule has 0 bridgehead atoms. The Balaban J connectivity index is 1.42. The summed E-state index contributed by atoms with van der Waals surface area (Å²) in [5.74, 6) is 1.82. The van der Waals surface area contributed by atoms with Crippen molar-refractivity contribution in [1.29, 1.82) is 0 Å². The van der Waals surface area contributed by atoms with Gasteiger partial charge >= 0.3 is 0 Å². The van der Waals surface area contributed by atoms with Crippen LogP contribution in [0.25, 0.3) is 0 Å². The van der Waals surface area contributed by atoms with Crippen LogP contribution in [-0.2, 0) is 0 Å². The Labute approximate surface area is 113 Å². The monoisotopic (exact) mass is 253 g/mol. The second kappa shape index (κ2) is 8.16. The predicted octanol–water partition coefficient (Wildman–Crippen LogP) is 3.49. The van der Waals surface area contributed by atoms with E-state index in [0.29, 0.717) is 0 Å². The van der Waals surface area contributed by atoms with Crippen molar-refractivity contribution in [1.82, 2.24) is 5.32 Å². The van der Waals surface area contributed by atoms with Crippen molar-refractivity contribution in [2.24, 2.45) is 11.8 Å². The zero-order valence-corrected chi connectivity index (χ0v) is 11.9. The minimum absolute atomic E-state index is 0.111. The van der Waals surface area contributed by atoms with Crippen LogP contribution in [0.2, 0.25) is 0 Å². The van der Waals surface area contributed by atoms with E-state index in [1.807, 2.05) is 0 Å². The van der Waals surface area contributed by atoms with Crippen LogP contribution >= 0.6 is 0 Å². The van der Waals surface area contributed by atoms with Gasteiger partial charge in [-0.25, -0.2) is 0 Å². The molecule has 2 saturated carbocycles. The van der Waals surface area contributed by atoms with Gasteiger partial charge in [0.05, 0.1) is 6.10 Å². The molecule has 2 aliphatic rings. The molecule has 2 nitrogen and oxygen atoms in total. The number of aliphatic hydroxyl groups excluding tert-OH is 1. The Bertz CT molecular complexity index is 207. The van der Waals surface area contributed by atoms with Crippen LogP contribution in [-0.4, -0.2) is 24.3 Å². The van der Waals surface area contributed by atoms with E-state index < -0.39 is 0 Å². The van der Waals surface area contributed by atoms with E-state index in [1.165, 1.54) is 64.2 Å². The van der Waals surface area contributed by atoms with Crippen LogP contribution < -0.4 is 5.32 Å². The van der Waals surface area contributed by atoms with E-state index in [9.17, 15) is 5.11 Å². The SMILES string of the molecule is OC(CNCCCC1CCCC1)CC1CCCC1. The van der Waals surface area contributed by atoms with Gasteiger partial charge in [-0.15, -0.1) is 0 Å². The van der Waals surface area contributed by atoms with E-state index >= 15 is 0 Å². The summed E-state index contributed by atoms with van der Waals surface area (Å²) in [5, 5.41) is 13.4. The van der Waals surface area contributed by atoms with Gasteiger partial charge in [0.1, 0.15) is 0 Å². The molecular weight excluding hydrogens is 222 g/mol. The number of nitrogens with one attached hydrogen (secondary N) is 1. The summed E-state index contributed by atoms with van der Waals surface area (Å²) in [6, 6.07) is 0. The summed E-state index contributed by atoms with van der Waals surface area (Å²) in [5.41, 5.74) is 0. The molecule has 2 rings (SSSR count). The lowest BCUT2D eigenvalue weighted by Crippen LogP contribution is -2.29. The first-order valence-electron chi connectivity index (χ1n) is 8.23. The summed E-state index contributed by atoms with van der Waals surface area (Å²) in [6.07, 6.45) is 14.9. The molecule has 0 aromatic carbocycles. The van der Waals surface area contributed by atoms with Crippen molar-refractivity contribution in [2.45, 2.75) is 76.7 Å². The summed E-state index contributed by atoms with van der Waals surface area (Å²) in [6.45, 7) is 1.90. The number of hydrogen-bond acceptors (Lipinski definition) is 2.